The number of aliphatic hydroxyl groups is 1. The molecule has 20 heavy (non-hydrogen) atoms. The highest BCUT2D eigenvalue weighted by molar-refractivity contribution is 5.44. The van der Waals surface area contributed by atoms with Gasteiger partial charge in [0.1, 0.15) is 0 Å². The summed E-state index contributed by atoms with van der Waals surface area (Å²) in [6, 6.07) is 5.70. The second-order valence-electron chi connectivity index (χ2n) is 5.44. The molecule has 0 bridgehead atoms. The molecule has 1 heterocycles. The molecule has 0 saturated carbocycles. The number of likely N-dealkylation sites (tertiary alicyclic amines) is 1. The Labute approximate surface area is 121 Å². The first-order valence-electron chi connectivity index (χ1n) is 7.30. The molecule has 0 amide bonds. The van der Waals surface area contributed by atoms with Gasteiger partial charge in [-0.05, 0) is 43.5 Å². The number of piperidine rings is 1. The Bertz CT molecular complexity index is 439. The van der Waals surface area contributed by atoms with Crippen molar-refractivity contribution in [1.29, 1.82) is 0 Å². The molecule has 0 aromatic heterocycles. The van der Waals surface area contributed by atoms with E-state index in [4.69, 9.17) is 9.47 Å². The lowest BCUT2D eigenvalue weighted by Crippen LogP contribution is -2.42. The first-order valence-corrected chi connectivity index (χ1v) is 7.30. The van der Waals surface area contributed by atoms with Crippen molar-refractivity contribution in [3.8, 4) is 11.5 Å². The highest BCUT2D eigenvalue weighted by atomic mass is 16.5. The average molecular weight is 279 g/mol. The number of nitrogens with zero attached hydrogens (tertiary/aromatic N) is 1. The SMILES string of the molecule is CCCN1CCC(O)(c2ccc(OC)c(OC)c2)CC1. The Morgan fingerprint density at radius 3 is 2.35 bits per heavy atom. The molecule has 1 aliphatic heterocycles. The van der Waals surface area contributed by atoms with E-state index in [1.54, 1.807) is 14.2 Å². The Morgan fingerprint density at radius 2 is 1.80 bits per heavy atom. The Balaban J connectivity index is 2.15. The highest BCUT2D eigenvalue weighted by Crippen LogP contribution is 2.37. The van der Waals surface area contributed by atoms with E-state index in [9.17, 15) is 5.11 Å². The van der Waals surface area contributed by atoms with Crippen LogP contribution in [0, 0.1) is 0 Å². The lowest BCUT2D eigenvalue weighted by Gasteiger charge is -2.38. The van der Waals surface area contributed by atoms with Crippen LogP contribution in [0.1, 0.15) is 31.7 Å². The van der Waals surface area contributed by atoms with Gasteiger partial charge in [0, 0.05) is 13.1 Å². The van der Waals surface area contributed by atoms with Crippen LogP contribution < -0.4 is 9.47 Å². The van der Waals surface area contributed by atoms with Gasteiger partial charge in [-0.2, -0.15) is 0 Å². The highest BCUT2D eigenvalue weighted by Gasteiger charge is 2.34. The number of ether oxygens (including phenoxy) is 2. The van der Waals surface area contributed by atoms with Gasteiger partial charge < -0.3 is 19.5 Å². The zero-order valence-corrected chi connectivity index (χ0v) is 12.7. The van der Waals surface area contributed by atoms with E-state index in [1.165, 1.54) is 0 Å². The number of hydrogen-bond donors (Lipinski definition) is 1. The molecule has 1 saturated heterocycles. The van der Waals surface area contributed by atoms with Crippen LogP contribution in [0.3, 0.4) is 0 Å². The van der Waals surface area contributed by atoms with Gasteiger partial charge in [-0.3, -0.25) is 0 Å². The Morgan fingerprint density at radius 1 is 1.15 bits per heavy atom. The molecular weight excluding hydrogens is 254 g/mol. The molecule has 1 aromatic carbocycles. The molecule has 0 atom stereocenters. The largest absolute Gasteiger partial charge is 0.493 e. The molecule has 4 heteroatoms. The van der Waals surface area contributed by atoms with Gasteiger partial charge in [0.25, 0.3) is 0 Å². The van der Waals surface area contributed by atoms with Gasteiger partial charge in [-0.1, -0.05) is 13.0 Å². The molecule has 1 fully saturated rings. The molecule has 4 nitrogen and oxygen atoms in total. The topological polar surface area (TPSA) is 41.9 Å². The zero-order valence-electron chi connectivity index (χ0n) is 12.7. The van der Waals surface area contributed by atoms with Crippen molar-refractivity contribution < 1.29 is 14.6 Å². The first-order chi connectivity index (χ1) is 9.62. The minimum absolute atomic E-state index is 0.675. The minimum Gasteiger partial charge on any atom is -0.493 e. The van der Waals surface area contributed by atoms with Gasteiger partial charge in [0.2, 0.25) is 0 Å². The van der Waals surface area contributed by atoms with Crippen molar-refractivity contribution in [2.75, 3.05) is 33.9 Å². The van der Waals surface area contributed by atoms with Crippen LogP contribution in [0.5, 0.6) is 11.5 Å². The van der Waals surface area contributed by atoms with E-state index in [0.29, 0.717) is 11.5 Å². The fourth-order valence-electron chi connectivity index (χ4n) is 2.88. The van der Waals surface area contributed by atoms with Crippen LogP contribution in [0.4, 0.5) is 0 Å². The van der Waals surface area contributed by atoms with E-state index in [2.05, 4.69) is 11.8 Å². The molecule has 0 aliphatic carbocycles. The predicted molar refractivity (Wildman–Crippen MR) is 79.4 cm³/mol. The summed E-state index contributed by atoms with van der Waals surface area (Å²) in [5.74, 6) is 1.37. The number of hydrogen-bond acceptors (Lipinski definition) is 4. The van der Waals surface area contributed by atoms with Crippen molar-refractivity contribution >= 4 is 0 Å². The zero-order chi connectivity index (χ0) is 14.6. The van der Waals surface area contributed by atoms with Gasteiger partial charge >= 0.3 is 0 Å². The maximum absolute atomic E-state index is 10.9. The molecule has 0 unspecified atom stereocenters. The van der Waals surface area contributed by atoms with Crippen LogP contribution in [-0.4, -0.2) is 43.9 Å². The predicted octanol–water partition coefficient (Wildman–Crippen LogP) is 2.40. The smallest absolute Gasteiger partial charge is 0.161 e. The third-order valence-corrected chi connectivity index (χ3v) is 4.14. The Kier molecular flexibility index (Phi) is 4.89. The summed E-state index contributed by atoms with van der Waals surface area (Å²) in [6.45, 7) is 5.19. The number of benzene rings is 1. The second kappa shape index (κ2) is 6.46. The summed E-state index contributed by atoms with van der Waals surface area (Å²) in [5.41, 5.74) is 0.176. The van der Waals surface area contributed by atoms with E-state index in [-0.39, 0.29) is 0 Å². The van der Waals surface area contributed by atoms with Crippen molar-refractivity contribution in [1.82, 2.24) is 4.90 Å². The van der Waals surface area contributed by atoms with Crippen LogP contribution in [0.15, 0.2) is 18.2 Å². The normalized spacial score (nSPS) is 18.8. The van der Waals surface area contributed by atoms with Gasteiger partial charge in [-0.15, -0.1) is 0 Å². The fraction of sp³-hybridized carbons (Fsp3) is 0.625. The van der Waals surface area contributed by atoms with E-state index >= 15 is 0 Å². The van der Waals surface area contributed by atoms with Gasteiger partial charge in [-0.25, -0.2) is 0 Å². The summed E-state index contributed by atoms with van der Waals surface area (Å²) in [6.07, 6.45) is 2.69. The molecule has 112 valence electrons. The van der Waals surface area contributed by atoms with E-state index in [0.717, 1.165) is 44.5 Å². The molecule has 1 N–H and O–H groups in total. The fourth-order valence-corrected chi connectivity index (χ4v) is 2.88. The van der Waals surface area contributed by atoms with Crippen LogP contribution in [-0.2, 0) is 5.60 Å². The molecule has 0 radical (unpaired) electrons. The third kappa shape index (κ3) is 3.07. The van der Waals surface area contributed by atoms with Crippen molar-refractivity contribution in [2.24, 2.45) is 0 Å². The lowest BCUT2D eigenvalue weighted by atomic mass is 9.84. The summed E-state index contributed by atoms with van der Waals surface area (Å²) in [7, 11) is 3.24. The summed E-state index contributed by atoms with van der Waals surface area (Å²) in [4.78, 5) is 2.41. The van der Waals surface area contributed by atoms with Gasteiger partial charge in [0.05, 0.1) is 19.8 Å². The molecule has 1 aliphatic rings. The number of rotatable bonds is 5. The maximum atomic E-state index is 10.9. The standard InChI is InChI=1S/C16H25NO3/c1-4-9-17-10-7-16(18,8-11-17)13-5-6-14(19-2)15(12-13)20-3/h5-6,12,18H,4,7-11H2,1-3H3. The van der Waals surface area contributed by atoms with Gasteiger partial charge in [0.15, 0.2) is 11.5 Å². The molecule has 1 aromatic rings. The van der Waals surface area contributed by atoms with Crippen molar-refractivity contribution in [3.63, 3.8) is 0 Å². The van der Waals surface area contributed by atoms with Crippen LogP contribution in [0.25, 0.3) is 0 Å². The monoisotopic (exact) mass is 279 g/mol. The summed E-state index contributed by atoms with van der Waals surface area (Å²) < 4.78 is 10.6. The molecule has 0 spiro atoms. The third-order valence-electron chi connectivity index (χ3n) is 4.14. The van der Waals surface area contributed by atoms with Crippen LogP contribution in [0.2, 0.25) is 0 Å². The van der Waals surface area contributed by atoms with Crippen LogP contribution >= 0.6 is 0 Å². The average Bonchev–Trinajstić information content (AvgIpc) is 2.49. The quantitative estimate of drug-likeness (QED) is 0.898. The van der Waals surface area contributed by atoms with E-state index < -0.39 is 5.60 Å². The Hall–Kier alpha value is -1.26. The maximum Gasteiger partial charge on any atom is 0.161 e. The summed E-state index contributed by atoms with van der Waals surface area (Å²) >= 11 is 0. The minimum atomic E-state index is -0.746. The lowest BCUT2D eigenvalue weighted by molar-refractivity contribution is -0.0259. The first kappa shape index (κ1) is 15.1. The summed E-state index contributed by atoms with van der Waals surface area (Å²) in [5, 5.41) is 10.9. The van der Waals surface area contributed by atoms with E-state index in [1.807, 2.05) is 18.2 Å². The number of methoxy groups -OCH3 is 2. The van der Waals surface area contributed by atoms with Crippen molar-refractivity contribution in [3.05, 3.63) is 23.8 Å². The second-order valence-corrected chi connectivity index (χ2v) is 5.44. The van der Waals surface area contributed by atoms with Crippen molar-refractivity contribution in [2.45, 2.75) is 31.8 Å². The molecular formula is C16H25NO3. The molecule has 2 rings (SSSR count).